The van der Waals surface area contributed by atoms with Crippen LogP contribution in [0.25, 0.3) is 22.5 Å². The van der Waals surface area contributed by atoms with Crippen molar-refractivity contribution in [2.75, 3.05) is 12.8 Å². The molecule has 0 fully saturated rings. The van der Waals surface area contributed by atoms with E-state index in [0.29, 0.717) is 0 Å². The number of hydrogen-bond donors (Lipinski definition) is 2. The van der Waals surface area contributed by atoms with Gasteiger partial charge in [-0.15, -0.1) is 0 Å². The van der Waals surface area contributed by atoms with E-state index in [4.69, 9.17) is 10.5 Å². The number of nitrogens with two attached hydrogens (primary N) is 1. The summed E-state index contributed by atoms with van der Waals surface area (Å²) in [7, 11) is 1.66. The van der Waals surface area contributed by atoms with Gasteiger partial charge in [-0.3, -0.25) is 5.10 Å². The Morgan fingerprint density at radius 1 is 1.05 bits per heavy atom. The van der Waals surface area contributed by atoms with Crippen molar-refractivity contribution in [3.8, 4) is 28.3 Å². The van der Waals surface area contributed by atoms with Crippen LogP contribution >= 0.6 is 0 Å². The van der Waals surface area contributed by atoms with Gasteiger partial charge < -0.3 is 10.5 Å². The molecule has 3 aromatic rings. The quantitative estimate of drug-likeness (QED) is 0.714. The Bertz CT molecular complexity index is 734. The summed E-state index contributed by atoms with van der Waals surface area (Å²) in [4.78, 5) is 0. The fourth-order valence-corrected chi connectivity index (χ4v) is 2.17. The topological polar surface area (TPSA) is 63.9 Å². The van der Waals surface area contributed by atoms with E-state index in [2.05, 4.69) is 10.2 Å². The Labute approximate surface area is 117 Å². The maximum Gasteiger partial charge on any atom is 0.128 e. The Hall–Kier alpha value is -2.75. The minimum atomic E-state index is 0.726. The molecule has 3 N–H and O–H groups in total. The Morgan fingerprint density at radius 3 is 2.70 bits per heavy atom. The van der Waals surface area contributed by atoms with Crippen molar-refractivity contribution in [1.29, 1.82) is 0 Å². The number of para-hydroxylation sites is 1. The summed E-state index contributed by atoms with van der Waals surface area (Å²) in [6.07, 6.45) is 0. The number of H-pyrrole nitrogens is 1. The Balaban J connectivity index is 2.02. The van der Waals surface area contributed by atoms with Gasteiger partial charge in [0.1, 0.15) is 5.75 Å². The summed E-state index contributed by atoms with van der Waals surface area (Å²) in [5.74, 6) is 0.815. The van der Waals surface area contributed by atoms with Gasteiger partial charge in [-0.25, -0.2) is 0 Å². The third-order valence-corrected chi connectivity index (χ3v) is 3.16. The lowest BCUT2D eigenvalue weighted by Crippen LogP contribution is -1.87. The predicted molar refractivity (Wildman–Crippen MR) is 80.4 cm³/mol. The molecule has 0 spiro atoms. The lowest BCUT2D eigenvalue weighted by molar-refractivity contribution is 0.416. The standard InChI is InChI=1S/C16H15N3O/c1-20-16-8-3-2-7-13(16)15-10-14(18-19-15)11-5-4-6-12(17)9-11/h2-10H,17H2,1H3,(H,18,19). The molecule has 0 saturated carbocycles. The summed E-state index contributed by atoms with van der Waals surface area (Å²) in [5, 5.41) is 7.39. The van der Waals surface area contributed by atoms with Gasteiger partial charge in [0.25, 0.3) is 0 Å². The molecule has 0 aliphatic carbocycles. The summed E-state index contributed by atoms with van der Waals surface area (Å²) in [6.45, 7) is 0. The maximum atomic E-state index is 5.80. The number of aromatic amines is 1. The SMILES string of the molecule is COc1ccccc1-c1cc(-c2cccc(N)c2)n[nH]1. The first kappa shape index (κ1) is 12.3. The number of anilines is 1. The molecule has 0 bridgehead atoms. The number of methoxy groups -OCH3 is 1. The monoisotopic (exact) mass is 265 g/mol. The van der Waals surface area contributed by atoms with Gasteiger partial charge in [0.2, 0.25) is 0 Å². The lowest BCUT2D eigenvalue weighted by Gasteiger charge is -2.05. The number of aromatic nitrogens is 2. The molecule has 1 heterocycles. The van der Waals surface area contributed by atoms with Gasteiger partial charge in [0, 0.05) is 16.8 Å². The van der Waals surface area contributed by atoms with Crippen LogP contribution in [0.1, 0.15) is 0 Å². The molecule has 2 aromatic carbocycles. The van der Waals surface area contributed by atoms with Crippen LogP contribution in [0.3, 0.4) is 0 Å². The van der Waals surface area contributed by atoms with Crippen LogP contribution in [0, 0.1) is 0 Å². The fraction of sp³-hybridized carbons (Fsp3) is 0.0625. The first-order valence-electron chi connectivity index (χ1n) is 6.32. The van der Waals surface area contributed by atoms with Crippen LogP contribution in [-0.4, -0.2) is 17.3 Å². The molecule has 0 atom stereocenters. The molecule has 0 amide bonds. The number of nitrogens with zero attached hydrogens (tertiary/aromatic N) is 1. The molecular weight excluding hydrogens is 250 g/mol. The molecule has 0 saturated heterocycles. The van der Waals surface area contributed by atoms with E-state index in [-0.39, 0.29) is 0 Å². The van der Waals surface area contributed by atoms with Crippen molar-refractivity contribution in [2.45, 2.75) is 0 Å². The number of ether oxygens (including phenoxy) is 1. The summed E-state index contributed by atoms with van der Waals surface area (Å²) >= 11 is 0. The molecule has 0 unspecified atom stereocenters. The normalized spacial score (nSPS) is 10.4. The van der Waals surface area contributed by atoms with Crippen molar-refractivity contribution in [3.05, 3.63) is 54.6 Å². The average molecular weight is 265 g/mol. The smallest absolute Gasteiger partial charge is 0.128 e. The van der Waals surface area contributed by atoms with Crippen LogP contribution in [-0.2, 0) is 0 Å². The van der Waals surface area contributed by atoms with Gasteiger partial charge in [-0.1, -0.05) is 24.3 Å². The Morgan fingerprint density at radius 2 is 1.90 bits per heavy atom. The zero-order valence-corrected chi connectivity index (χ0v) is 11.1. The van der Waals surface area contributed by atoms with Gasteiger partial charge in [-0.05, 0) is 30.3 Å². The van der Waals surface area contributed by atoms with Crippen LogP contribution in [0.4, 0.5) is 5.69 Å². The molecule has 4 heteroatoms. The van der Waals surface area contributed by atoms with Crippen molar-refractivity contribution in [2.24, 2.45) is 0 Å². The van der Waals surface area contributed by atoms with E-state index in [1.54, 1.807) is 7.11 Å². The molecule has 0 aliphatic heterocycles. The van der Waals surface area contributed by atoms with E-state index in [9.17, 15) is 0 Å². The molecule has 1 aromatic heterocycles. The highest BCUT2D eigenvalue weighted by Gasteiger charge is 2.09. The van der Waals surface area contributed by atoms with Crippen molar-refractivity contribution in [3.63, 3.8) is 0 Å². The van der Waals surface area contributed by atoms with Crippen LogP contribution in [0.15, 0.2) is 54.6 Å². The number of rotatable bonds is 3. The molecular formula is C16H15N3O. The number of hydrogen-bond acceptors (Lipinski definition) is 3. The van der Waals surface area contributed by atoms with Crippen molar-refractivity contribution < 1.29 is 4.74 Å². The highest BCUT2D eigenvalue weighted by Crippen LogP contribution is 2.30. The molecule has 0 radical (unpaired) electrons. The first-order chi connectivity index (χ1) is 9.78. The van der Waals surface area contributed by atoms with Gasteiger partial charge in [0.15, 0.2) is 0 Å². The largest absolute Gasteiger partial charge is 0.496 e. The van der Waals surface area contributed by atoms with E-state index < -0.39 is 0 Å². The second-order valence-electron chi connectivity index (χ2n) is 4.49. The average Bonchev–Trinajstić information content (AvgIpc) is 2.97. The summed E-state index contributed by atoms with van der Waals surface area (Å²) < 4.78 is 5.37. The lowest BCUT2D eigenvalue weighted by atomic mass is 10.1. The zero-order valence-electron chi connectivity index (χ0n) is 11.1. The van der Waals surface area contributed by atoms with E-state index in [0.717, 1.165) is 34.0 Å². The van der Waals surface area contributed by atoms with E-state index in [1.807, 2.05) is 54.6 Å². The van der Waals surface area contributed by atoms with Crippen molar-refractivity contribution >= 4 is 5.69 Å². The first-order valence-corrected chi connectivity index (χ1v) is 6.32. The molecule has 0 aliphatic rings. The van der Waals surface area contributed by atoms with E-state index in [1.165, 1.54) is 0 Å². The molecule has 100 valence electrons. The minimum Gasteiger partial charge on any atom is -0.496 e. The highest BCUT2D eigenvalue weighted by molar-refractivity contribution is 5.73. The van der Waals surface area contributed by atoms with Crippen LogP contribution in [0.2, 0.25) is 0 Å². The van der Waals surface area contributed by atoms with Crippen molar-refractivity contribution in [1.82, 2.24) is 10.2 Å². The Kier molecular flexibility index (Phi) is 3.13. The number of benzene rings is 2. The third kappa shape index (κ3) is 2.23. The highest BCUT2D eigenvalue weighted by atomic mass is 16.5. The zero-order chi connectivity index (χ0) is 13.9. The number of nitrogens with one attached hydrogen (secondary N) is 1. The number of nitrogen functional groups attached to an aromatic ring is 1. The summed E-state index contributed by atoms with van der Waals surface area (Å²) in [5.41, 5.74) is 10.3. The van der Waals surface area contributed by atoms with Crippen LogP contribution < -0.4 is 10.5 Å². The second kappa shape index (κ2) is 5.09. The second-order valence-corrected chi connectivity index (χ2v) is 4.49. The predicted octanol–water partition coefficient (Wildman–Crippen LogP) is 3.33. The van der Waals surface area contributed by atoms with E-state index >= 15 is 0 Å². The maximum absolute atomic E-state index is 5.80. The molecule has 20 heavy (non-hydrogen) atoms. The minimum absolute atomic E-state index is 0.726. The van der Waals surface area contributed by atoms with Gasteiger partial charge in [-0.2, -0.15) is 5.10 Å². The van der Waals surface area contributed by atoms with Gasteiger partial charge in [0.05, 0.1) is 18.5 Å². The molecule has 4 nitrogen and oxygen atoms in total. The fourth-order valence-electron chi connectivity index (χ4n) is 2.17. The molecule has 3 rings (SSSR count). The van der Waals surface area contributed by atoms with Crippen LogP contribution in [0.5, 0.6) is 5.75 Å². The summed E-state index contributed by atoms with van der Waals surface area (Å²) in [6, 6.07) is 17.5. The van der Waals surface area contributed by atoms with Gasteiger partial charge >= 0.3 is 0 Å². The third-order valence-electron chi connectivity index (χ3n) is 3.16.